The molecule has 0 aromatic heterocycles. The Morgan fingerprint density at radius 3 is 2.31 bits per heavy atom. The Labute approximate surface area is 176 Å². The Morgan fingerprint density at radius 2 is 1.76 bits per heavy atom. The van der Waals surface area contributed by atoms with Gasteiger partial charge in [-0.3, -0.25) is 4.79 Å². The number of halogens is 1. The molecule has 1 fully saturated rings. The van der Waals surface area contributed by atoms with Crippen molar-refractivity contribution in [3.8, 4) is 11.1 Å². The van der Waals surface area contributed by atoms with E-state index in [1.165, 1.54) is 0 Å². The molecule has 2 aromatic carbocycles. The number of aryl methyl sites for hydroxylation is 1. The maximum atomic E-state index is 12.1. The predicted molar refractivity (Wildman–Crippen MR) is 116 cm³/mol. The van der Waals surface area contributed by atoms with Crippen molar-refractivity contribution in [2.45, 2.75) is 51.2 Å². The number of hydrogen-bond acceptors (Lipinski definition) is 4. The van der Waals surface area contributed by atoms with E-state index in [2.05, 4.69) is 0 Å². The van der Waals surface area contributed by atoms with Gasteiger partial charge in [-0.05, 0) is 79.5 Å². The van der Waals surface area contributed by atoms with E-state index in [4.69, 9.17) is 16.3 Å². The monoisotopic (exact) mass is 414 g/mol. The van der Waals surface area contributed by atoms with Crippen molar-refractivity contribution >= 4 is 23.5 Å². The fourth-order valence-corrected chi connectivity index (χ4v) is 4.35. The average Bonchev–Trinajstić information content (AvgIpc) is 2.72. The molecule has 0 spiro atoms. The quantitative estimate of drug-likeness (QED) is 0.390. The Bertz CT molecular complexity index is 923. The smallest absolute Gasteiger partial charge is 0.154 e. The second-order valence-corrected chi connectivity index (χ2v) is 8.22. The number of benzene rings is 2. The maximum Gasteiger partial charge on any atom is 0.154 e. The van der Waals surface area contributed by atoms with Crippen molar-refractivity contribution < 1.29 is 19.7 Å². The van der Waals surface area contributed by atoms with Crippen LogP contribution in [-0.4, -0.2) is 35.3 Å². The van der Waals surface area contributed by atoms with Crippen molar-refractivity contribution in [1.82, 2.24) is 0 Å². The van der Waals surface area contributed by atoms with Crippen molar-refractivity contribution in [1.29, 1.82) is 0 Å². The first kappa shape index (κ1) is 21.6. The number of allylic oxidation sites excluding steroid dienone is 1. The summed E-state index contributed by atoms with van der Waals surface area (Å²) >= 11 is 6.01. The van der Waals surface area contributed by atoms with Gasteiger partial charge in [-0.1, -0.05) is 35.9 Å². The van der Waals surface area contributed by atoms with Crippen LogP contribution in [0.1, 0.15) is 42.4 Å². The summed E-state index contributed by atoms with van der Waals surface area (Å²) in [4.78, 5) is 12.1. The molecule has 0 bridgehead atoms. The van der Waals surface area contributed by atoms with Crippen LogP contribution in [0.2, 0.25) is 5.02 Å². The lowest BCUT2D eigenvalue weighted by molar-refractivity contribution is -0.103. The van der Waals surface area contributed by atoms with E-state index in [0.717, 1.165) is 22.3 Å². The molecule has 0 radical (unpaired) electrons. The molecule has 2 N–H and O–H groups in total. The van der Waals surface area contributed by atoms with Gasteiger partial charge < -0.3 is 14.9 Å². The number of hydrogen-bond donors (Lipinski definition) is 2. The number of ether oxygens (including phenoxy) is 1. The molecular weight excluding hydrogens is 388 g/mol. The van der Waals surface area contributed by atoms with Gasteiger partial charge in [0.2, 0.25) is 0 Å². The first-order chi connectivity index (χ1) is 13.8. The minimum atomic E-state index is -1.42. The Kier molecular flexibility index (Phi) is 6.47. The molecular formula is C24H27ClO4. The summed E-state index contributed by atoms with van der Waals surface area (Å²) in [6.45, 7) is 3.82. The maximum absolute atomic E-state index is 12.1. The number of methoxy groups -OCH3 is 1. The van der Waals surface area contributed by atoms with Crippen LogP contribution < -0.4 is 0 Å². The molecule has 0 heterocycles. The fraction of sp³-hybridized carbons (Fsp3) is 0.375. The normalized spacial score (nSPS) is 22.9. The molecule has 2 aromatic rings. The molecule has 1 aliphatic rings. The van der Waals surface area contributed by atoms with E-state index in [0.29, 0.717) is 42.6 Å². The number of carbonyl (C=O) groups is 1. The summed E-state index contributed by atoms with van der Waals surface area (Å²) in [6.07, 6.45) is 2.68. The molecule has 4 nitrogen and oxygen atoms in total. The first-order valence-corrected chi connectivity index (χ1v) is 10.2. The van der Waals surface area contributed by atoms with Gasteiger partial charge in [0.25, 0.3) is 0 Å². The van der Waals surface area contributed by atoms with Crippen LogP contribution in [0.15, 0.2) is 42.2 Å². The topological polar surface area (TPSA) is 66.8 Å². The Morgan fingerprint density at radius 1 is 1.14 bits per heavy atom. The zero-order chi connectivity index (χ0) is 21.2. The number of carbonyl (C=O) groups excluding carboxylic acids is 1. The third kappa shape index (κ3) is 4.25. The van der Waals surface area contributed by atoms with E-state index < -0.39 is 5.60 Å². The van der Waals surface area contributed by atoms with E-state index in [9.17, 15) is 15.0 Å². The Balaban J connectivity index is 2.09. The molecule has 0 atom stereocenters. The predicted octanol–water partition coefficient (Wildman–Crippen LogP) is 5.41. The second kappa shape index (κ2) is 8.70. The van der Waals surface area contributed by atoms with Crippen LogP contribution in [0, 0.1) is 13.8 Å². The molecule has 0 saturated heterocycles. The summed E-state index contributed by atoms with van der Waals surface area (Å²) in [5.41, 5.74) is 3.04. The van der Waals surface area contributed by atoms with Gasteiger partial charge in [-0.15, -0.1) is 0 Å². The van der Waals surface area contributed by atoms with E-state index >= 15 is 0 Å². The summed E-state index contributed by atoms with van der Waals surface area (Å²) in [5.74, 6) is -0.249. The summed E-state index contributed by atoms with van der Waals surface area (Å²) < 4.78 is 5.36. The molecule has 1 aliphatic carbocycles. The second-order valence-electron chi connectivity index (χ2n) is 7.78. The lowest BCUT2D eigenvalue weighted by atomic mass is 9.79. The van der Waals surface area contributed by atoms with Crippen LogP contribution in [-0.2, 0) is 9.53 Å². The van der Waals surface area contributed by atoms with Gasteiger partial charge in [0.15, 0.2) is 6.29 Å². The van der Waals surface area contributed by atoms with Crippen molar-refractivity contribution in [2.75, 3.05) is 7.11 Å². The standard InChI is InChI=1S/C24H27ClO4/c1-15-4-9-20(17-5-7-18(25)8-6-17)16(2)22(15)21(14-26)23(27)24(28)12-10-19(29-3)11-13-24/h4-9,14,19,27-28H,10-13H2,1-3H3/b23-21-. The van der Waals surface area contributed by atoms with E-state index in [1.807, 2.05) is 50.2 Å². The van der Waals surface area contributed by atoms with Crippen LogP contribution in [0.5, 0.6) is 0 Å². The summed E-state index contributed by atoms with van der Waals surface area (Å²) in [6, 6.07) is 11.4. The molecule has 0 aliphatic heterocycles. The van der Waals surface area contributed by atoms with Crippen molar-refractivity contribution in [2.24, 2.45) is 0 Å². The van der Waals surface area contributed by atoms with Crippen molar-refractivity contribution in [3.63, 3.8) is 0 Å². The lowest BCUT2D eigenvalue weighted by Crippen LogP contribution is -2.38. The fourth-order valence-electron chi connectivity index (χ4n) is 4.23. The minimum Gasteiger partial charge on any atom is -0.508 e. The van der Waals surface area contributed by atoms with E-state index in [1.54, 1.807) is 7.11 Å². The molecule has 0 amide bonds. The summed E-state index contributed by atoms with van der Waals surface area (Å²) in [5, 5.41) is 22.7. The van der Waals surface area contributed by atoms with Crippen molar-refractivity contribution in [3.05, 3.63) is 63.9 Å². The molecule has 154 valence electrons. The number of aliphatic hydroxyl groups excluding tert-OH is 1. The van der Waals surface area contributed by atoms with Crippen LogP contribution in [0.25, 0.3) is 16.7 Å². The minimum absolute atomic E-state index is 0.0689. The molecule has 5 heteroatoms. The Hall–Kier alpha value is -2.14. The third-order valence-electron chi connectivity index (χ3n) is 6.00. The van der Waals surface area contributed by atoms with Gasteiger partial charge in [-0.2, -0.15) is 0 Å². The number of rotatable bonds is 5. The highest BCUT2D eigenvalue weighted by Crippen LogP contribution is 2.39. The largest absolute Gasteiger partial charge is 0.508 e. The molecule has 1 saturated carbocycles. The van der Waals surface area contributed by atoms with Crippen LogP contribution in [0.4, 0.5) is 0 Å². The zero-order valence-corrected chi connectivity index (χ0v) is 17.8. The van der Waals surface area contributed by atoms with Gasteiger partial charge in [-0.25, -0.2) is 0 Å². The van der Waals surface area contributed by atoms with E-state index in [-0.39, 0.29) is 17.4 Å². The van der Waals surface area contributed by atoms with Crippen LogP contribution >= 0.6 is 11.6 Å². The van der Waals surface area contributed by atoms with Gasteiger partial charge >= 0.3 is 0 Å². The lowest BCUT2D eigenvalue weighted by Gasteiger charge is -2.35. The highest BCUT2D eigenvalue weighted by atomic mass is 35.5. The third-order valence-corrected chi connectivity index (χ3v) is 6.26. The zero-order valence-electron chi connectivity index (χ0n) is 17.0. The van der Waals surface area contributed by atoms with Crippen LogP contribution in [0.3, 0.4) is 0 Å². The van der Waals surface area contributed by atoms with Gasteiger partial charge in [0, 0.05) is 12.1 Å². The number of aliphatic hydroxyl groups is 2. The highest BCUT2D eigenvalue weighted by Gasteiger charge is 2.39. The highest BCUT2D eigenvalue weighted by molar-refractivity contribution is 6.30. The molecule has 3 rings (SSSR count). The molecule has 29 heavy (non-hydrogen) atoms. The average molecular weight is 415 g/mol. The summed E-state index contributed by atoms with van der Waals surface area (Å²) in [7, 11) is 1.65. The van der Waals surface area contributed by atoms with Gasteiger partial charge in [0.05, 0.1) is 11.7 Å². The SMILES string of the molecule is COC1CCC(O)(/C(O)=C(\C=O)c2c(C)ccc(-c3ccc(Cl)cc3)c2C)CC1. The number of aldehydes is 1. The first-order valence-electron chi connectivity index (χ1n) is 9.81. The van der Waals surface area contributed by atoms with Gasteiger partial charge in [0.1, 0.15) is 11.4 Å². The molecule has 0 unspecified atom stereocenters.